The van der Waals surface area contributed by atoms with Gasteiger partial charge in [-0.2, -0.15) is 0 Å². The van der Waals surface area contributed by atoms with Crippen LogP contribution in [0.3, 0.4) is 0 Å². The first-order chi connectivity index (χ1) is 11.2. The molecule has 2 aliphatic heterocycles. The van der Waals surface area contributed by atoms with Gasteiger partial charge < -0.3 is 19.5 Å². The lowest BCUT2D eigenvalue weighted by molar-refractivity contribution is -0.00675. The summed E-state index contributed by atoms with van der Waals surface area (Å²) in [6, 6.07) is 1.68. The minimum atomic E-state index is -0.147. The van der Waals surface area contributed by atoms with E-state index in [-0.39, 0.29) is 11.3 Å². The van der Waals surface area contributed by atoms with Crippen LogP contribution in [0.25, 0.3) is 0 Å². The number of ether oxygens (including phenoxy) is 1. The molecule has 0 bridgehead atoms. The summed E-state index contributed by atoms with van der Waals surface area (Å²) in [6.07, 6.45) is 5.92. The van der Waals surface area contributed by atoms with Gasteiger partial charge in [0.15, 0.2) is 5.69 Å². The zero-order chi connectivity index (χ0) is 16.1. The summed E-state index contributed by atoms with van der Waals surface area (Å²) in [5.41, 5.74) is 0.479. The van der Waals surface area contributed by atoms with Gasteiger partial charge in [-0.15, -0.1) is 0 Å². The van der Waals surface area contributed by atoms with Crippen molar-refractivity contribution in [2.45, 2.75) is 39.0 Å². The summed E-state index contributed by atoms with van der Waals surface area (Å²) in [5, 5.41) is 6.86. The number of likely N-dealkylation sites (tertiary alicyclic amines) is 1. The maximum absolute atomic E-state index is 12.3. The third kappa shape index (κ3) is 4.32. The fraction of sp³-hybridized carbons (Fsp3) is 0.765. The van der Waals surface area contributed by atoms with Crippen LogP contribution < -0.4 is 5.32 Å². The highest BCUT2D eigenvalue weighted by Crippen LogP contribution is 2.32. The maximum atomic E-state index is 12.3. The second kappa shape index (κ2) is 7.45. The predicted octanol–water partition coefficient (Wildman–Crippen LogP) is 2.00. The lowest BCUT2D eigenvalue weighted by atomic mass is 9.79. The predicted molar refractivity (Wildman–Crippen MR) is 86.4 cm³/mol. The number of nitrogens with zero attached hydrogens (tertiary/aromatic N) is 2. The first-order valence-corrected chi connectivity index (χ1v) is 8.69. The molecule has 128 valence electrons. The van der Waals surface area contributed by atoms with Crippen molar-refractivity contribution in [2.24, 2.45) is 5.41 Å². The number of hydrogen-bond donors (Lipinski definition) is 1. The second-order valence-corrected chi connectivity index (χ2v) is 6.95. The fourth-order valence-corrected chi connectivity index (χ4v) is 3.62. The summed E-state index contributed by atoms with van der Waals surface area (Å²) < 4.78 is 10.5. The van der Waals surface area contributed by atoms with E-state index in [0.29, 0.717) is 18.0 Å². The summed E-state index contributed by atoms with van der Waals surface area (Å²) in [6.45, 7) is 7.45. The summed E-state index contributed by atoms with van der Waals surface area (Å²) in [7, 11) is 0. The molecule has 6 heteroatoms. The lowest BCUT2D eigenvalue weighted by Crippen LogP contribution is -2.49. The van der Waals surface area contributed by atoms with E-state index < -0.39 is 0 Å². The monoisotopic (exact) mass is 321 g/mol. The molecule has 0 aliphatic carbocycles. The third-order valence-corrected chi connectivity index (χ3v) is 5.05. The summed E-state index contributed by atoms with van der Waals surface area (Å²) in [5.74, 6) is 0.510. The first kappa shape index (κ1) is 16.5. The second-order valence-electron chi connectivity index (χ2n) is 6.95. The van der Waals surface area contributed by atoms with E-state index in [1.54, 1.807) is 13.0 Å². The minimum absolute atomic E-state index is 0.115. The number of nitrogens with one attached hydrogen (secondary N) is 1. The van der Waals surface area contributed by atoms with Crippen LogP contribution in [-0.2, 0) is 4.74 Å². The molecule has 3 heterocycles. The van der Waals surface area contributed by atoms with Gasteiger partial charge in [0.05, 0.1) is 0 Å². The molecule has 3 rings (SSSR count). The van der Waals surface area contributed by atoms with E-state index >= 15 is 0 Å². The van der Waals surface area contributed by atoms with Crippen molar-refractivity contribution in [3.63, 3.8) is 0 Å². The molecule has 0 radical (unpaired) electrons. The topological polar surface area (TPSA) is 67.6 Å². The fourth-order valence-electron chi connectivity index (χ4n) is 3.62. The Bertz CT molecular complexity index is 517. The van der Waals surface area contributed by atoms with Crippen LogP contribution in [0.2, 0.25) is 0 Å². The van der Waals surface area contributed by atoms with Gasteiger partial charge in [-0.3, -0.25) is 4.79 Å². The van der Waals surface area contributed by atoms with Gasteiger partial charge in [-0.1, -0.05) is 11.6 Å². The van der Waals surface area contributed by atoms with Crippen LogP contribution in [0.15, 0.2) is 10.6 Å². The van der Waals surface area contributed by atoms with Crippen molar-refractivity contribution in [1.82, 2.24) is 15.4 Å². The van der Waals surface area contributed by atoms with Crippen LogP contribution in [-0.4, -0.2) is 55.4 Å². The molecule has 0 saturated carbocycles. The number of hydrogen-bond acceptors (Lipinski definition) is 5. The summed E-state index contributed by atoms with van der Waals surface area (Å²) >= 11 is 0. The molecule has 1 aromatic heterocycles. The van der Waals surface area contributed by atoms with E-state index in [9.17, 15) is 4.79 Å². The van der Waals surface area contributed by atoms with Crippen molar-refractivity contribution in [2.75, 3.05) is 39.4 Å². The minimum Gasteiger partial charge on any atom is -0.381 e. The van der Waals surface area contributed by atoms with Gasteiger partial charge in [0, 0.05) is 37.8 Å². The van der Waals surface area contributed by atoms with Crippen LogP contribution in [0, 0.1) is 12.3 Å². The Morgan fingerprint density at radius 1 is 1.30 bits per heavy atom. The molecule has 1 aromatic rings. The first-order valence-electron chi connectivity index (χ1n) is 8.69. The molecule has 0 spiro atoms. The molecule has 1 amide bonds. The van der Waals surface area contributed by atoms with Crippen LogP contribution in [0.4, 0.5) is 0 Å². The van der Waals surface area contributed by atoms with Crippen LogP contribution >= 0.6 is 0 Å². The Labute approximate surface area is 137 Å². The van der Waals surface area contributed by atoms with Gasteiger partial charge >= 0.3 is 0 Å². The van der Waals surface area contributed by atoms with Gasteiger partial charge in [0.25, 0.3) is 5.91 Å². The molecular formula is C17H27N3O3. The van der Waals surface area contributed by atoms with Gasteiger partial charge in [-0.05, 0) is 45.7 Å². The quantitative estimate of drug-likeness (QED) is 0.898. The number of rotatable bonds is 5. The largest absolute Gasteiger partial charge is 0.381 e. The average molecular weight is 321 g/mol. The number of amides is 1. The molecule has 23 heavy (non-hydrogen) atoms. The van der Waals surface area contributed by atoms with E-state index in [0.717, 1.165) is 32.6 Å². The maximum Gasteiger partial charge on any atom is 0.273 e. The zero-order valence-electron chi connectivity index (χ0n) is 14.0. The Kier molecular flexibility index (Phi) is 5.33. The van der Waals surface area contributed by atoms with Gasteiger partial charge in [0.2, 0.25) is 0 Å². The van der Waals surface area contributed by atoms with Crippen molar-refractivity contribution in [3.05, 3.63) is 17.5 Å². The SMILES string of the molecule is Cc1cc(C(=O)NCC2(CN3CCCCC3)CCOCC2)no1. The Hall–Kier alpha value is -1.40. The van der Waals surface area contributed by atoms with Crippen molar-refractivity contribution < 1.29 is 14.1 Å². The molecule has 2 saturated heterocycles. The highest BCUT2D eigenvalue weighted by molar-refractivity contribution is 5.92. The van der Waals surface area contributed by atoms with Crippen molar-refractivity contribution in [1.29, 1.82) is 0 Å². The van der Waals surface area contributed by atoms with Crippen LogP contribution in [0.5, 0.6) is 0 Å². The number of aromatic nitrogens is 1. The standard InChI is InChI=1S/C17H27N3O3/c1-14-11-15(19-23-14)16(21)18-12-17(5-9-22-10-6-17)13-20-7-3-2-4-8-20/h11H,2-10,12-13H2,1H3,(H,18,21). The van der Waals surface area contributed by atoms with Crippen molar-refractivity contribution in [3.8, 4) is 0 Å². The molecular weight excluding hydrogens is 294 g/mol. The van der Waals surface area contributed by atoms with E-state index in [1.165, 1.54) is 32.4 Å². The smallest absolute Gasteiger partial charge is 0.273 e. The molecule has 2 fully saturated rings. The normalized spacial score (nSPS) is 22.0. The van der Waals surface area contributed by atoms with E-state index in [4.69, 9.17) is 9.26 Å². The van der Waals surface area contributed by atoms with Crippen molar-refractivity contribution >= 4 is 5.91 Å². The molecule has 6 nitrogen and oxygen atoms in total. The molecule has 2 aliphatic rings. The molecule has 0 atom stereocenters. The number of carbonyl (C=O) groups excluding carboxylic acids is 1. The Morgan fingerprint density at radius 3 is 2.70 bits per heavy atom. The molecule has 0 aromatic carbocycles. The highest BCUT2D eigenvalue weighted by atomic mass is 16.5. The molecule has 1 N–H and O–H groups in total. The van der Waals surface area contributed by atoms with Gasteiger partial charge in [-0.25, -0.2) is 0 Å². The Balaban J connectivity index is 1.60. The number of aryl methyl sites for hydroxylation is 1. The zero-order valence-corrected chi connectivity index (χ0v) is 14.0. The van der Waals surface area contributed by atoms with E-state index in [1.807, 2.05) is 0 Å². The number of piperidine rings is 1. The third-order valence-electron chi connectivity index (χ3n) is 5.05. The summed E-state index contributed by atoms with van der Waals surface area (Å²) in [4.78, 5) is 14.8. The molecule has 0 unspecified atom stereocenters. The lowest BCUT2D eigenvalue weighted by Gasteiger charge is -2.42. The van der Waals surface area contributed by atoms with E-state index in [2.05, 4.69) is 15.4 Å². The Morgan fingerprint density at radius 2 is 2.04 bits per heavy atom. The highest BCUT2D eigenvalue weighted by Gasteiger charge is 2.35. The average Bonchev–Trinajstić information content (AvgIpc) is 3.01. The number of carbonyl (C=O) groups is 1. The van der Waals surface area contributed by atoms with Gasteiger partial charge in [0.1, 0.15) is 5.76 Å². The van der Waals surface area contributed by atoms with Crippen LogP contribution in [0.1, 0.15) is 48.4 Å².